The highest BCUT2D eigenvalue weighted by molar-refractivity contribution is 6.07. The van der Waals surface area contributed by atoms with Gasteiger partial charge in [0.2, 0.25) is 0 Å². The Morgan fingerprint density at radius 1 is 1.31 bits per heavy atom. The van der Waals surface area contributed by atoms with Crippen LogP contribution in [-0.4, -0.2) is 30.7 Å². The van der Waals surface area contributed by atoms with Crippen molar-refractivity contribution in [1.82, 2.24) is 0 Å². The second-order valence-electron chi connectivity index (χ2n) is 5.81. The molecule has 140 valence electrons. The van der Waals surface area contributed by atoms with Crippen molar-refractivity contribution < 1.29 is 28.6 Å². The van der Waals surface area contributed by atoms with Crippen LogP contribution in [0.4, 0.5) is 5.69 Å². The molecule has 0 aliphatic carbocycles. The molecule has 7 nitrogen and oxygen atoms in total. The summed E-state index contributed by atoms with van der Waals surface area (Å²) in [5.41, 5.74) is 1.23. The Labute approximate surface area is 151 Å². The van der Waals surface area contributed by atoms with Crippen molar-refractivity contribution in [3.8, 4) is 11.5 Å². The number of furan rings is 1. The van der Waals surface area contributed by atoms with Crippen molar-refractivity contribution in [2.45, 2.75) is 33.1 Å². The van der Waals surface area contributed by atoms with E-state index >= 15 is 0 Å². The Morgan fingerprint density at radius 3 is 2.73 bits per heavy atom. The van der Waals surface area contributed by atoms with Crippen molar-refractivity contribution in [3.63, 3.8) is 0 Å². The Balaban J connectivity index is 2.27. The van der Waals surface area contributed by atoms with Gasteiger partial charge in [-0.05, 0) is 25.5 Å². The number of aliphatic carboxylic acids is 1. The Hall–Kier alpha value is -2.96. The number of aryl methyl sites for hydroxylation is 1. The zero-order valence-electron chi connectivity index (χ0n) is 15.1. The fourth-order valence-corrected chi connectivity index (χ4v) is 2.44. The second kappa shape index (κ2) is 8.94. The van der Waals surface area contributed by atoms with Crippen LogP contribution < -0.4 is 14.8 Å². The minimum absolute atomic E-state index is 0.115. The summed E-state index contributed by atoms with van der Waals surface area (Å²) in [6, 6.07) is 5.13. The van der Waals surface area contributed by atoms with Gasteiger partial charge >= 0.3 is 5.97 Å². The average molecular weight is 361 g/mol. The summed E-state index contributed by atoms with van der Waals surface area (Å²) in [4.78, 5) is 23.7. The van der Waals surface area contributed by atoms with E-state index in [1.54, 1.807) is 25.1 Å². The maximum absolute atomic E-state index is 12.7. The molecule has 2 rings (SSSR count). The first-order chi connectivity index (χ1) is 12.5. The van der Waals surface area contributed by atoms with Gasteiger partial charge in [-0.2, -0.15) is 0 Å². The molecule has 26 heavy (non-hydrogen) atoms. The molecule has 0 aliphatic rings. The maximum Gasteiger partial charge on any atom is 0.311 e. The molecule has 2 N–H and O–H groups in total. The summed E-state index contributed by atoms with van der Waals surface area (Å²) in [6.45, 7) is 4.28. The number of carboxylic acid groups (broad SMARTS) is 1. The number of rotatable bonds is 9. The van der Waals surface area contributed by atoms with Gasteiger partial charge in [-0.1, -0.05) is 13.3 Å². The minimum atomic E-state index is -1.07. The highest BCUT2D eigenvalue weighted by atomic mass is 16.5. The number of methoxy groups -OCH3 is 1. The van der Waals surface area contributed by atoms with E-state index in [1.807, 2.05) is 0 Å². The van der Waals surface area contributed by atoms with E-state index in [0.717, 1.165) is 12.8 Å². The molecule has 7 heteroatoms. The molecule has 0 spiro atoms. The lowest BCUT2D eigenvalue weighted by atomic mass is 10.1. The fourth-order valence-electron chi connectivity index (χ4n) is 2.44. The number of anilines is 1. The Morgan fingerprint density at radius 2 is 2.08 bits per heavy atom. The number of nitrogens with one attached hydrogen (secondary N) is 1. The van der Waals surface area contributed by atoms with E-state index in [2.05, 4.69) is 12.2 Å². The van der Waals surface area contributed by atoms with Gasteiger partial charge in [-0.25, -0.2) is 0 Å². The first kappa shape index (κ1) is 19.4. The number of hydrogen-bond acceptors (Lipinski definition) is 5. The standard InChI is InChI=1S/C19H23NO6/c1-4-5-8-25-15-7-6-13(24-3)9-14(15)20-19(23)18-12(2)11-26-16(18)10-17(21)22/h6-7,9,11H,4-5,8,10H2,1-3H3,(H,20,23)(H,21,22). The van der Waals surface area contributed by atoms with Crippen LogP contribution in [0.2, 0.25) is 0 Å². The largest absolute Gasteiger partial charge is 0.497 e. The van der Waals surface area contributed by atoms with Crippen molar-refractivity contribution in [3.05, 3.63) is 41.3 Å². The molecule has 1 amide bonds. The average Bonchev–Trinajstić information content (AvgIpc) is 2.96. The van der Waals surface area contributed by atoms with Crippen molar-refractivity contribution in [2.24, 2.45) is 0 Å². The minimum Gasteiger partial charge on any atom is -0.497 e. The molecular weight excluding hydrogens is 338 g/mol. The highest BCUT2D eigenvalue weighted by Gasteiger charge is 2.21. The van der Waals surface area contributed by atoms with Gasteiger partial charge in [0.1, 0.15) is 23.7 Å². The molecule has 0 fully saturated rings. The van der Waals surface area contributed by atoms with Crippen LogP contribution in [0.1, 0.15) is 41.4 Å². The van der Waals surface area contributed by atoms with Crippen molar-refractivity contribution >= 4 is 17.6 Å². The van der Waals surface area contributed by atoms with Gasteiger partial charge in [-0.3, -0.25) is 9.59 Å². The lowest BCUT2D eigenvalue weighted by molar-refractivity contribution is -0.136. The number of carbonyl (C=O) groups excluding carboxylic acids is 1. The number of unbranched alkanes of at least 4 members (excludes halogenated alkanes) is 1. The van der Waals surface area contributed by atoms with Crippen LogP contribution in [0.3, 0.4) is 0 Å². The van der Waals surface area contributed by atoms with E-state index in [1.165, 1.54) is 13.4 Å². The third-order valence-corrected chi connectivity index (χ3v) is 3.78. The van der Waals surface area contributed by atoms with Crippen LogP contribution in [0.15, 0.2) is 28.9 Å². The maximum atomic E-state index is 12.7. The first-order valence-corrected chi connectivity index (χ1v) is 8.37. The molecule has 1 heterocycles. The molecule has 0 unspecified atom stereocenters. The summed E-state index contributed by atoms with van der Waals surface area (Å²) < 4.78 is 16.2. The van der Waals surface area contributed by atoms with E-state index < -0.39 is 11.9 Å². The monoisotopic (exact) mass is 361 g/mol. The summed E-state index contributed by atoms with van der Waals surface area (Å²) in [5.74, 6) is -0.324. The zero-order valence-corrected chi connectivity index (χ0v) is 15.1. The van der Waals surface area contributed by atoms with E-state index in [-0.39, 0.29) is 17.7 Å². The molecule has 0 saturated carbocycles. The smallest absolute Gasteiger partial charge is 0.311 e. The van der Waals surface area contributed by atoms with Crippen molar-refractivity contribution in [1.29, 1.82) is 0 Å². The summed E-state index contributed by atoms with van der Waals surface area (Å²) in [5, 5.41) is 11.7. The van der Waals surface area contributed by atoms with Gasteiger partial charge < -0.3 is 24.3 Å². The topological polar surface area (TPSA) is 98.0 Å². The SMILES string of the molecule is CCCCOc1ccc(OC)cc1NC(=O)c1c(C)coc1CC(=O)O. The van der Waals surface area contributed by atoms with Gasteiger partial charge in [0.15, 0.2) is 0 Å². The molecule has 0 aliphatic heterocycles. The van der Waals surface area contributed by atoms with Crippen LogP contribution in [-0.2, 0) is 11.2 Å². The lowest BCUT2D eigenvalue weighted by Crippen LogP contribution is -2.16. The molecule has 0 bridgehead atoms. The Bertz CT molecular complexity index is 780. The third-order valence-electron chi connectivity index (χ3n) is 3.78. The summed E-state index contributed by atoms with van der Waals surface area (Å²) in [6.07, 6.45) is 2.89. The number of amides is 1. The van der Waals surface area contributed by atoms with Gasteiger partial charge in [0, 0.05) is 11.6 Å². The van der Waals surface area contributed by atoms with Crippen LogP contribution >= 0.6 is 0 Å². The van der Waals surface area contributed by atoms with Gasteiger partial charge in [0.25, 0.3) is 5.91 Å². The van der Waals surface area contributed by atoms with E-state index in [0.29, 0.717) is 29.4 Å². The number of benzene rings is 1. The molecule has 2 aromatic rings. The molecule has 0 atom stereocenters. The number of carbonyl (C=O) groups is 2. The van der Waals surface area contributed by atoms with Gasteiger partial charge in [-0.15, -0.1) is 0 Å². The number of hydrogen-bond donors (Lipinski definition) is 2. The normalized spacial score (nSPS) is 10.4. The van der Waals surface area contributed by atoms with Crippen LogP contribution in [0.5, 0.6) is 11.5 Å². The number of carboxylic acids is 1. The van der Waals surface area contributed by atoms with Crippen LogP contribution in [0, 0.1) is 6.92 Å². The molecular formula is C19H23NO6. The Kier molecular flexibility index (Phi) is 6.66. The molecule has 0 radical (unpaired) electrons. The zero-order chi connectivity index (χ0) is 19.1. The fraction of sp³-hybridized carbons (Fsp3) is 0.368. The summed E-state index contributed by atoms with van der Waals surface area (Å²) >= 11 is 0. The molecule has 1 aromatic carbocycles. The molecule has 1 aromatic heterocycles. The highest BCUT2D eigenvalue weighted by Crippen LogP contribution is 2.30. The van der Waals surface area contributed by atoms with Crippen LogP contribution in [0.25, 0.3) is 0 Å². The lowest BCUT2D eigenvalue weighted by Gasteiger charge is -2.14. The first-order valence-electron chi connectivity index (χ1n) is 8.37. The predicted molar refractivity (Wildman–Crippen MR) is 96.1 cm³/mol. The number of ether oxygens (including phenoxy) is 2. The van der Waals surface area contributed by atoms with Crippen molar-refractivity contribution in [2.75, 3.05) is 19.0 Å². The van der Waals surface area contributed by atoms with Gasteiger partial charge in [0.05, 0.1) is 31.2 Å². The third kappa shape index (κ3) is 4.78. The second-order valence-corrected chi connectivity index (χ2v) is 5.81. The summed E-state index contributed by atoms with van der Waals surface area (Å²) in [7, 11) is 1.53. The van der Waals surface area contributed by atoms with E-state index in [9.17, 15) is 9.59 Å². The quantitative estimate of drug-likeness (QED) is 0.662. The molecule has 0 saturated heterocycles. The predicted octanol–water partition coefficient (Wildman–Crippen LogP) is 3.65. The van der Waals surface area contributed by atoms with E-state index in [4.69, 9.17) is 19.0 Å².